The molecule has 0 heterocycles. The summed E-state index contributed by atoms with van der Waals surface area (Å²) in [5.41, 5.74) is 0. The number of hydrogen-bond donors (Lipinski definition) is 4. The molecule has 0 aliphatic rings. The van der Waals surface area contributed by atoms with Gasteiger partial charge >= 0.3 is 33.6 Å². The Labute approximate surface area is 600 Å². The van der Waals surface area contributed by atoms with Crippen molar-refractivity contribution >= 4 is 33.6 Å². The largest absolute Gasteiger partial charge is 0.472 e. The number of allylic oxidation sites excluding steroid dienone is 24. The molecule has 5 unspecified atom stereocenters. The van der Waals surface area contributed by atoms with Gasteiger partial charge in [0.2, 0.25) is 0 Å². The first kappa shape index (κ1) is 94.4. The second-order valence-electron chi connectivity index (χ2n) is 25.1. The van der Waals surface area contributed by atoms with Crippen LogP contribution in [0.5, 0.6) is 0 Å². The zero-order chi connectivity index (χ0) is 72.3. The predicted octanol–water partition coefficient (Wildman–Crippen LogP) is 22.1. The summed E-state index contributed by atoms with van der Waals surface area (Å²) in [6, 6.07) is 0. The fourth-order valence-electron chi connectivity index (χ4n) is 9.70. The molecule has 0 saturated heterocycles. The van der Waals surface area contributed by atoms with Gasteiger partial charge in [0.05, 0.1) is 26.4 Å². The van der Waals surface area contributed by atoms with E-state index in [0.717, 1.165) is 141 Å². The van der Waals surface area contributed by atoms with E-state index in [2.05, 4.69) is 167 Å². The molecule has 0 bridgehead atoms. The molecule has 0 aromatic heterocycles. The zero-order valence-electron chi connectivity index (χ0n) is 61.6. The Bertz CT molecular complexity index is 2380. The molecule has 566 valence electrons. The average molecular weight is 1430 g/mol. The van der Waals surface area contributed by atoms with Crippen LogP contribution in [0.25, 0.3) is 0 Å². The number of aliphatic hydroxyl groups is 2. The molecule has 0 rings (SSSR count). The highest BCUT2D eigenvalue weighted by molar-refractivity contribution is 7.47. The van der Waals surface area contributed by atoms with Crippen molar-refractivity contribution in [2.24, 2.45) is 0 Å². The predicted molar refractivity (Wildman–Crippen MR) is 408 cm³/mol. The summed E-state index contributed by atoms with van der Waals surface area (Å²) < 4.78 is 61.0. The lowest BCUT2D eigenvalue weighted by Gasteiger charge is -2.21. The van der Waals surface area contributed by atoms with Gasteiger partial charge in [-0.15, -0.1) is 0 Å². The van der Waals surface area contributed by atoms with Crippen LogP contribution >= 0.6 is 15.6 Å². The van der Waals surface area contributed by atoms with Crippen molar-refractivity contribution in [3.05, 3.63) is 146 Å². The number of aliphatic hydroxyl groups excluding tert-OH is 2. The fraction of sp³-hybridized carbons (Fsp3) is 0.667. The van der Waals surface area contributed by atoms with E-state index >= 15 is 0 Å². The van der Waals surface area contributed by atoms with Crippen LogP contribution < -0.4 is 0 Å². The third-order valence-electron chi connectivity index (χ3n) is 15.5. The molecule has 0 radical (unpaired) electrons. The maximum Gasteiger partial charge on any atom is 0.472 e. The first-order valence-corrected chi connectivity index (χ1v) is 41.1. The van der Waals surface area contributed by atoms with Gasteiger partial charge in [0, 0.05) is 19.3 Å². The summed E-state index contributed by atoms with van der Waals surface area (Å²) >= 11 is 0. The molecule has 0 aliphatic carbocycles. The van der Waals surface area contributed by atoms with Crippen LogP contribution in [0.15, 0.2) is 146 Å². The molecule has 0 fully saturated rings. The Morgan fingerprint density at radius 1 is 0.293 bits per heavy atom. The Balaban J connectivity index is 4.62. The van der Waals surface area contributed by atoms with E-state index in [1.54, 1.807) is 0 Å². The minimum atomic E-state index is -4.95. The van der Waals surface area contributed by atoms with Crippen molar-refractivity contribution in [3.63, 3.8) is 0 Å². The third-order valence-corrected chi connectivity index (χ3v) is 17.4. The van der Waals surface area contributed by atoms with Crippen LogP contribution in [-0.4, -0.2) is 95.9 Å². The van der Waals surface area contributed by atoms with Gasteiger partial charge in [0.15, 0.2) is 6.10 Å². The quantitative estimate of drug-likeness (QED) is 0.0146. The van der Waals surface area contributed by atoms with Gasteiger partial charge in [-0.2, -0.15) is 0 Å². The van der Waals surface area contributed by atoms with E-state index in [4.69, 9.17) is 32.3 Å². The number of hydrogen-bond acceptors (Lipinski definition) is 14. The van der Waals surface area contributed by atoms with Gasteiger partial charge in [-0.1, -0.05) is 269 Å². The van der Waals surface area contributed by atoms with E-state index < -0.39 is 91.5 Å². The van der Waals surface area contributed by atoms with Gasteiger partial charge in [-0.05, 0) is 148 Å². The minimum Gasteiger partial charge on any atom is -0.463 e. The topological polar surface area (TPSA) is 231 Å². The minimum absolute atomic E-state index is 0.0742. The molecular weight excluding hydrogens is 1290 g/mol. The summed E-state index contributed by atoms with van der Waals surface area (Å²) in [5, 5.41) is 20.6. The third kappa shape index (κ3) is 74.4. The fourth-order valence-corrected chi connectivity index (χ4v) is 11.3. The number of ether oxygens (including phenoxy) is 3. The number of unbranched alkanes of at least 4 members (excludes halogenated alkanes) is 24. The second kappa shape index (κ2) is 73.2. The molecule has 0 aromatic rings. The lowest BCUT2D eigenvalue weighted by Crippen LogP contribution is -2.30. The molecule has 0 aliphatic heterocycles. The van der Waals surface area contributed by atoms with Crippen molar-refractivity contribution in [3.8, 4) is 0 Å². The molecule has 0 amide bonds. The number of esters is 3. The van der Waals surface area contributed by atoms with E-state index in [9.17, 15) is 43.5 Å². The molecule has 5 atom stereocenters. The highest BCUT2D eigenvalue weighted by atomic mass is 31.2. The lowest BCUT2D eigenvalue weighted by atomic mass is 10.0. The van der Waals surface area contributed by atoms with E-state index in [0.29, 0.717) is 19.3 Å². The molecule has 0 aromatic carbocycles. The molecule has 18 heteroatoms. The van der Waals surface area contributed by atoms with Crippen LogP contribution in [0.3, 0.4) is 0 Å². The SMILES string of the molecule is CC/C=C\C/C=C\C/C=C\C/C=C\C/C=C\C/C=C\CCCCC(=O)OCC(COP(=O)(O)OCC(O)COP(=O)(O)OCC(O)COC(=O)CCCCCCCCCCCCC/C=C\C/C=C\C/C=C\C/C=C\CCCCC)OC(=O)CCCCCCC/C=C\C/C=C\CCCCC. The summed E-state index contributed by atoms with van der Waals surface area (Å²) in [6.07, 6.45) is 89.0. The van der Waals surface area contributed by atoms with Gasteiger partial charge in [-0.3, -0.25) is 32.5 Å². The van der Waals surface area contributed by atoms with Crippen LogP contribution in [0.2, 0.25) is 0 Å². The smallest absolute Gasteiger partial charge is 0.463 e. The number of carbonyl (C=O) groups excluding carboxylic acids is 3. The van der Waals surface area contributed by atoms with E-state index in [-0.39, 0.29) is 19.3 Å². The second-order valence-corrected chi connectivity index (χ2v) is 28.0. The normalized spacial score (nSPS) is 14.9. The van der Waals surface area contributed by atoms with E-state index in [1.165, 1.54) is 89.9 Å². The number of carbonyl (C=O) groups is 3. The molecular formula is C81H136O16P2. The van der Waals surface area contributed by atoms with Crippen molar-refractivity contribution < 1.29 is 75.8 Å². The monoisotopic (exact) mass is 1430 g/mol. The van der Waals surface area contributed by atoms with Crippen molar-refractivity contribution in [1.82, 2.24) is 0 Å². The lowest BCUT2D eigenvalue weighted by molar-refractivity contribution is -0.161. The molecule has 0 saturated carbocycles. The van der Waals surface area contributed by atoms with Crippen molar-refractivity contribution in [2.75, 3.05) is 39.6 Å². The van der Waals surface area contributed by atoms with Crippen LogP contribution in [-0.2, 0) is 55.8 Å². The number of phosphoric ester groups is 2. The summed E-state index contributed by atoms with van der Waals surface area (Å²) in [5.74, 6) is -1.65. The molecule has 0 spiro atoms. The van der Waals surface area contributed by atoms with E-state index in [1.807, 2.05) is 0 Å². The number of phosphoric acid groups is 2. The Kier molecular flexibility index (Phi) is 69.8. The standard InChI is InChI=1S/C81H136O16P2/c1-4-7-10-13-16-19-22-25-28-30-32-34-35-36-37-38-39-41-43-44-47-49-52-55-58-61-64-67-79(84)91-70-76(82)71-93-98(87,88)94-72-77(83)73-95-99(89,90)96-75-78(97-81(86)69-66-63-60-57-54-51-46-27-24-21-18-15-12-9-6-3)74-92-80(85)68-65-62-59-56-53-50-48-45-42-40-33-31-29-26-23-20-17-14-11-8-5-2/h8,11,16-21,25-29,32-34,36-37,40,45-46,48,53,56,76-78,82-83H,4-7,9-10,12-15,22-24,30-31,35,38-39,41-44,47,49-52,54-55,57-75H2,1-3H3,(H,87,88)(H,89,90)/b11-8-,19-16-,20-17-,21-18-,28-25-,29-26-,34-32-,37-36-,40-33-,46-27-,48-45-,56-53-. The van der Waals surface area contributed by atoms with Gasteiger partial charge < -0.3 is 34.2 Å². The molecule has 4 N–H and O–H groups in total. The van der Waals surface area contributed by atoms with Crippen LogP contribution in [0, 0.1) is 0 Å². The first-order valence-electron chi connectivity index (χ1n) is 38.1. The Hall–Kier alpha value is -4.57. The molecule has 99 heavy (non-hydrogen) atoms. The summed E-state index contributed by atoms with van der Waals surface area (Å²) in [6.45, 7) is 2.43. The highest BCUT2D eigenvalue weighted by Crippen LogP contribution is 2.45. The maximum absolute atomic E-state index is 12.9. The Morgan fingerprint density at radius 3 is 0.869 bits per heavy atom. The first-order chi connectivity index (χ1) is 48.2. The van der Waals surface area contributed by atoms with Gasteiger partial charge in [-0.25, -0.2) is 9.13 Å². The van der Waals surface area contributed by atoms with Crippen LogP contribution in [0.4, 0.5) is 0 Å². The zero-order valence-corrected chi connectivity index (χ0v) is 63.4. The van der Waals surface area contributed by atoms with Crippen molar-refractivity contribution in [2.45, 2.75) is 309 Å². The van der Waals surface area contributed by atoms with Crippen molar-refractivity contribution in [1.29, 1.82) is 0 Å². The molecule has 16 nitrogen and oxygen atoms in total. The average Bonchev–Trinajstić information content (AvgIpc) is 1.55. The van der Waals surface area contributed by atoms with Gasteiger partial charge in [0.1, 0.15) is 25.4 Å². The Morgan fingerprint density at radius 2 is 0.535 bits per heavy atom. The maximum atomic E-state index is 12.9. The van der Waals surface area contributed by atoms with Gasteiger partial charge in [0.25, 0.3) is 0 Å². The summed E-state index contributed by atoms with van der Waals surface area (Å²) in [7, 11) is -9.81. The number of rotatable bonds is 71. The van der Waals surface area contributed by atoms with Crippen LogP contribution in [0.1, 0.15) is 290 Å². The highest BCUT2D eigenvalue weighted by Gasteiger charge is 2.29. The summed E-state index contributed by atoms with van der Waals surface area (Å²) in [4.78, 5) is 58.6.